The maximum Gasteiger partial charge on any atom is 0.161 e. The molecule has 2 aromatic carbocycles. The molecular weight excluding hydrogens is 338 g/mol. The summed E-state index contributed by atoms with van der Waals surface area (Å²) in [6.07, 6.45) is 5.11. The van der Waals surface area contributed by atoms with Crippen LogP contribution in [0, 0.1) is 11.3 Å². The molecule has 0 saturated heterocycles. The molecule has 27 heavy (non-hydrogen) atoms. The Balaban J connectivity index is 1.84. The zero-order valence-corrected chi connectivity index (χ0v) is 15.7. The lowest BCUT2D eigenvalue weighted by Crippen LogP contribution is -1.99. The summed E-state index contributed by atoms with van der Waals surface area (Å²) in [6.45, 7) is 2.83. The van der Waals surface area contributed by atoms with Crippen molar-refractivity contribution in [1.29, 1.82) is 5.26 Å². The SMILES string of the molecule is CCCCCOc1ccc(/C=C(/C#N)c2nc3ccccc3[nH]2)cc1OC. The molecule has 0 aliphatic carbocycles. The summed E-state index contributed by atoms with van der Waals surface area (Å²) in [4.78, 5) is 7.68. The van der Waals surface area contributed by atoms with Crippen molar-refractivity contribution in [2.75, 3.05) is 13.7 Å². The number of unbranched alkanes of at least 4 members (excludes halogenated alkanes) is 2. The fraction of sp³-hybridized carbons (Fsp3) is 0.273. The molecule has 0 aliphatic heterocycles. The van der Waals surface area contributed by atoms with Gasteiger partial charge in [-0.1, -0.05) is 38.0 Å². The smallest absolute Gasteiger partial charge is 0.161 e. The van der Waals surface area contributed by atoms with E-state index in [1.165, 1.54) is 0 Å². The fourth-order valence-corrected chi connectivity index (χ4v) is 2.83. The first-order valence-electron chi connectivity index (χ1n) is 9.13. The van der Waals surface area contributed by atoms with E-state index in [-0.39, 0.29) is 0 Å². The van der Waals surface area contributed by atoms with Gasteiger partial charge in [-0.2, -0.15) is 5.26 Å². The highest BCUT2D eigenvalue weighted by Crippen LogP contribution is 2.30. The largest absolute Gasteiger partial charge is 0.493 e. The summed E-state index contributed by atoms with van der Waals surface area (Å²) >= 11 is 0. The van der Waals surface area contributed by atoms with E-state index in [1.54, 1.807) is 13.2 Å². The van der Waals surface area contributed by atoms with Gasteiger partial charge in [0.2, 0.25) is 0 Å². The zero-order chi connectivity index (χ0) is 19.1. The number of rotatable bonds is 8. The number of hydrogen-bond donors (Lipinski definition) is 1. The van der Waals surface area contributed by atoms with Gasteiger partial charge in [0.1, 0.15) is 11.9 Å². The van der Waals surface area contributed by atoms with Crippen molar-refractivity contribution in [3.63, 3.8) is 0 Å². The lowest BCUT2D eigenvalue weighted by molar-refractivity contribution is 0.286. The first-order chi connectivity index (χ1) is 13.2. The van der Waals surface area contributed by atoms with Crippen LogP contribution in [0.5, 0.6) is 11.5 Å². The van der Waals surface area contributed by atoms with Crippen LogP contribution in [0.3, 0.4) is 0 Å². The molecule has 0 spiro atoms. The number of allylic oxidation sites excluding steroid dienone is 1. The van der Waals surface area contributed by atoms with Crippen molar-refractivity contribution < 1.29 is 9.47 Å². The molecule has 5 nitrogen and oxygen atoms in total. The third kappa shape index (κ3) is 4.48. The van der Waals surface area contributed by atoms with Crippen LogP contribution >= 0.6 is 0 Å². The summed E-state index contributed by atoms with van der Waals surface area (Å²) in [5.74, 6) is 1.92. The second-order valence-corrected chi connectivity index (χ2v) is 6.24. The summed E-state index contributed by atoms with van der Waals surface area (Å²) in [5.41, 5.74) is 3.05. The van der Waals surface area contributed by atoms with Gasteiger partial charge in [-0.3, -0.25) is 0 Å². The zero-order valence-electron chi connectivity index (χ0n) is 15.7. The van der Waals surface area contributed by atoms with E-state index in [4.69, 9.17) is 9.47 Å². The Morgan fingerprint density at radius 1 is 1.19 bits per heavy atom. The Hall–Kier alpha value is -3.26. The van der Waals surface area contributed by atoms with Crippen LogP contribution in [0.2, 0.25) is 0 Å². The van der Waals surface area contributed by atoms with Gasteiger partial charge in [-0.05, 0) is 42.3 Å². The Morgan fingerprint density at radius 2 is 2.04 bits per heavy atom. The highest BCUT2D eigenvalue weighted by Gasteiger charge is 2.10. The van der Waals surface area contributed by atoms with Crippen LogP contribution in [-0.2, 0) is 0 Å². The van der Waals surface area contributed by atoms with Crippen LogP contribution < -0.4 is 9.47 Å². The number of nitrogens with one attached hydrogen (secondary N) is 1. The van der Waals surface area contributed by atoms with Gasteiger partial charge < -0.3 is 14.5 Å². The average molecular weight is 361 g/mol. The number of nitrogens with zero attached hydrogens (tertiary/aromatic N) is 2. The first kappa shape index (κ1) is 18.5. The van der Waals surface area contributed by atoms with Gasteiger partial charge in [0.25, 0.3) is 0 Å². The number of methoxy groups -OCH3 is 1. The van der Waals surface area contributed by atoms with Gasteiger partial charge in [-0.15, -0.1) is 0 Å². The molecule has 5 heteroatoms. The molecular formula is C22H23N3O2. The third-order valence-corrected chi connectivity index (χ3v) is 4.27. The van der Waals surface area contributed by atoms with E-state index >= 15 is 0 Å². The minimum Gasteiger partial charge on any atom is -0.493 e. The predicted octanol–water partition coefficient (Wildman–Crippen LogP) is 5.20. The fourth-order valence-electron chi connectivity index (χ4n) is 2.83. The number of hydrogen-bond acceptors (Lipinski definition) is 4. The molecule has 0 radical (unpaired) electrons. The molecule has 1 N–H and O–H groups in total. The molecule has 0 fully saturated rings. The monoisotopic (exact) mass is 361 g/mol. The van der Waals surface area contributed by atoms with E-state index in [9.17, 15) is 5.26 Å². The average Bonchev–Trinajstić information content (AvgIpc) is 3.14. The molecule has 1 aromatic heterocycles. The van der Waals surface area contributed by atoms with Crippen LogP contribution in [0.25, 0.3) is 22.7 Å². The van der Waals surface area contributed by atoms with Crippen molar-refractivity contribution in [3.05, 3.63) is 53.9 Å². The number of ether oxygens (including phenoxy) is 2. The number of aromatic amines is 1. The van der Waals surface area contributed by atoms with Gasteiger partial charge >= 0.3 is 0 Å². The Kier molecular flexibility index (Phi) is 6.11. The van der Waals surface area contributed by atoms with Crippen molar-refractivity contribution in [2.24, 2.45) is 0 Å². The second-order valence-electron chi connectivity index (χ2n) is 6.24. The van der Waals surface area contributed by atoms with Gasteiger partial charge in [0.05, 0.1) is 30.3 Å². The number of benzene rings is 2. The number of para-hydroxylation sites is 2. The van der Waals surface area contributed by atoms with Crippen LogP contribution in [0.1, 0.15) is 37.6 Å². The Morgan fingerprint density at radius 3 is 2.78 bits per heavy atom. The number of imidazole rings is 1. The van der Waals surface area contributed by atoms with Crippen molar-refractivity contribution in [3.8, 4) is 17.6 Å². The van der Waals surface area contributed by atoms with Gasteiger partial charge in [-0.25, -0.2) is 4.98 Å². The summed E-state index contributed by atoms with van der Waals surface area (Å²) in [6, 6.07) is 15.6. The molecule has 0 aliphatic rings. The maximum absolute atomic E-state index is 9.58. The molecule has 138 valence electrons. The lowest BCUT2D eigenvalue weighted by atomic mass is 10.1. The number of nitriles is 1. The third-order valence-electron chi connectivity index (χ3n) is 4.27. The minimum absolute atomic E-state index is 0.463. The molecule has 0 amide bonds. The molecule has 0 saturated carbocycles. The maximum atomic E-state index is 9.58. The molecule has 0 bridgehead atoms. The first-order valence-corrected chi connectivity index (χ1v) is 9.13. The highest BCUT2D eigenvalue weighted by atomic mass is 16.5. The molecule has 1 heterocycles. The summed E-state index contributed by atoms with van der Waals surface area (Å²) in [5, 5.41) is 9.58. The Bertz CT molecular complexity index is 950. The minimum atomic E-state index is 0.463. The number of H-pyrrole nitrogens is 1. The topological polar surface area (TPSA) is 70.9 Å². The van der Waals surface area contributed by atoms with E-state index in [1.807, 2.05) is 42.5 Å². The van der Waals surface area contributed by atoms with E-state index in [0.717, 1.165) is 35.9 Å². The van der Waals surface area contributed by atoms with Crippen LogP contribution in [-0.4, -0.2) is 23.7 Å². The highest BCUT2D eigenvalue weighted by molar-refractivity contribution is 5.90. The summed E-state index contributed by atoms with van der Waals surface area (Å²) < 4.78 is 11.3. The number of fused-ring (bicyclic) bond motifs is 1. The van der Waals surface area contributed by atoms with Crippen molar-refractivity contribution in [1.82, 2.24) is 9.97 Å². The van der Waals surface area contributed by atoms with Crippen molar-refractivity contribution >= 4 is 22.7 Å². The van der Waals surface area contributed by atoms with E-state index in [2.05, 4.69) is 23.0 Å². The quantitative estimate of drug-likeness (QED) is 0.442. The standard InChI is InChI=1S/C22H23N3O2/c1-3-4-7-12-27-20-11-10-16(14-21(20)26-2)13-17(15-23)22-24-18-8-5-6-9-19(18)25-22/h5-6,8-11,13-14H,3-4,7,12H2,1-2H3,(H,24,25)/b17-13-. The van der Waals surface area contributed by atoms with Gasteiger partial charge in [0.15, 0.2) is 11.5 Å². The number of aromatic nitrogens is 2. The predicted molar refractivity (Wildman–Crippen MR) is 108 cm³/mol. The molecule has 3 aromatic rings. The van der Waals surface area contributed by atoms with E-state index in [0.29, 0.717) is 29.5 Å². The molecule has 0 atom stereocenters. The van der Waals surface area contributed by atoms with Crippen LogP contribution in [0.15, 0.2) is 42.5 Å². The van der Waals surface area contributed by atoms with Gasteiger partial charge in [0, 0.05) is 0 Å². The molecule has 3 rings (SSSR count). The second kappa shape index (κ2) is 8.91. The van der Waals surface area contributed by atoms with Crippen LogP contribution in [0.4, 0.5) is 0 Å². The molecule has 0 unspecified atom stereocenters. The normalized spacial score (nSPS) is 11.4. The Labute approximate surface area is 159 Å². The van der Waals surface area contributed by atoms with Crippen molar-refractivity contribution in [2.45, 2.75) is 26.2 Å². The van der Waals surface area contributed by atoms with E-state index < -0.39 is 0 Å². The lowest BCUT2D eigenvalue weighted by Gasteiger charge is -2.11. The summed E-state index contributed by atoms with van der Waals surface area (Å²) in [7, 11) is 1.62.